The van der Waals surface area contributed by atoms with Gasteiger partial charge in [-0.15, -0.1) is 0 Å². The molecule has 0 radical (unpaired) electrons. The number of hydrogen-bond donors (Lipinski definition) is 1. The molecule has 1 nitrogen and oxygen atoms in total. The van der Waals surface area contributed by atoms with Crippen LogP contribution in [0.1, 0.15) is 31.0 Å². The van der Waals surface area contributed by atoms with E-state index in [0.29, 0.717) is 16.1 Å². The van der Waals surface area contributed by atoms with Crippen LogP contribution in [0, 0.1) is 0 Å². The van der Waals surface area contributed by atoms with Crippen LogP contribution in [0.15, 0.2) is 42.5 Å². The Morgan fingerprint density at radius 1 is 0.952 bits per heavy atom. The van der Waals surface area contributed by atoms with Gasteiger partial charge in [0, 0.05) is 27.2 Å². The van der Waals surface area contributed by atoms with Crippen LogP contribution in [0.3, 0.4) is 0 Å². The monoisotopic (exact) mass is 341 g/mol. The van der Waals surface area contributed by atoms with Crippen molar-refractivity contribution in [2.75, 3.05) is 0 Å². The van der Waals surface area contributed by atoms with Crippen LogP contribution >= 0.6 is 34.8 Å². The summed E-state index contributed by atoms with van der Waals surface area (Å²) in [6.07, 6.45) is 0.913. The van der Waals surface area contributed by atoms with Crippen molar-refractivity contribution in [2.45, 2.75) is 32.4 Å². The van der Waals surface area contributed by atoms with Crippen LogP contribution in [0.4, 0.5) is 0 Å². The zero-order valence-electron chi connectivity index (χ0n) is 12.0. The zero-order chi connectivity index (χ0) is 15.4. The fourth-order valence-electron chi connectivity index (χ4n) is 2.45. The van der Waals surface area contributed by atoms with Crippen LogP contribution in [-0.2, 0) is 6.42 Å². The molecule has 2 unspecified atom stereocenters. The molecule has 0 aliphatic carbocycles. The Hall–Kier alpha value is -0.730. The van der Waals surface area contributed by atoms with Gasteiger partial charge in [-0.25, -0.2) is 0 Å². The number of hydrogen-bond acceptors (Lipinski definition) is 1. The van der Waals surface area contributed by atoms with Gasteiger partial charge in [-0.3, -0.25) is 0 Å². The lowest BCUT2D eigenvalue weighted by Crippen LogP contribution is -2.30. The summed E-state index contributed by atoms with van der Waals surface area (Å²) in [5.74, 6) is 0. The molecule has 2 aromatic rings. The normalized spacial score (nSPS) is 14.0. The first kappa shape index (κ1) is 16.6. The van der Waals surface area contributed by atoms with E-state index in [1.54, 1.807) is 6.07 Å². The van der Waals surface area contributed by atoms with E-state index >= 15 is 0 Å². The summed E-state index contributed by atoms with van der Waals surface area (Å²) in [6, 6.07) is 14.0. The van der Waals surface area contributed by atoms with Crippen molar-refractivity contribution in [3.63, 3.8) is 0 Å². The van der Waals surface area contributed by atoms with Crippen molar-refractivity contribution in [3.8, 4) is 0 Å². The molecule has 0 fully saturated rings. The Morgan fingerprint density at radius 3 is 2.33 bits per heavy atom. The van der Waals surface area contributed by atoms with Crippen LogP contribution in [-0.4, -0.2) is 6.04 Å². The summed E-state index contributed by atoms with van der Waals surface area (Å²) in [4.78, 5) is 0. The molecule has 21 heavy (non-hydrogen) atoms. The second-order valence-electron chi connectivity index (χ2n) is 5.29. The van der Waals surface area contributed by atoms with Gasteiger partial charge in [0.25, 0.3) is 0 Å². The highest BCUT2D eigenvalue weighted by Gasteiger charge is 2.13. The number of benzene rings is 2. The summed E-state index contributed by atoms with van der Waals surface area (Å²) in [7, 11) is 0. The Balaban J connectivity index is 2.00. The average Bonchev–Trinajstić information content (AvgIpc) is 2.38. The van der Waals surface area contributed by atoms with Crippen molar-refractivity contribution < 1.29 is 0 Å². The first-order chi connectivity index (χ1) is 9.95. The van der Waals surface area contributed by atoms with Crippen molar-refractivity contribution in [3.05, 3.63) is 68.7 Å². The van der Waals surface area contributed by atoms with E-state index in [9.17, 15) is 0 Å². The van der Waals surface area contributed by atoms with E-state index in [-0.39, 0.29) is 6.04 Å². The van der Waals surface area contributed by atoms with Gasteiger partial charge in [-0.05, 0) is 55.7 Å². The molecule has 2 atom stereocenters. The topological polar surface area (TPSA) is 12.0 Å². The molecule has 0 heterocycles. The summed E-state index contributed by atoms with van der Waals surface area (Å²) in [6.45, 7) is 4.25. The molecule has 0 bridgehead atoms. The molecule has 2 rings (SSSR count). The summed E-state index contributed by atoms with van der Waals surface area (Å²) in [5.41, 5.74) is 2.27. The van der Waals surface area contributed by atoms with Gasteiger partial charge in [0.15, 0.2) is 0 Å². The lowest BCUT2D eigenvalue weighted by Gasteiger charge is -2.21. The van der Waals surface area contributed by atoms with Crippen molar-refractivity contribution >= 4 is 34.8 Å². The lowest BCUT2D eigenvalue weighted by atomic mass is 10.0. The minimum absolute atomic E-state index is 0.156. The molecule has 0 aromatic heterocycles. The fraction of sp³-hybridized carbons (Fsp3) is 0.294. The van der Waals surface area contributed by atoms with E-state index in [4.69, 9.17) is 34.8 Å². The molecule has 112 valence electrons. The minimum atomic E-state index is 0.156. The number of nitrogens with one attached hydrogen (secondary N) is 1. The average molecular weight is 343 g/mol. The maximum atomic E-state index is 6.25. The quantitative estimate of drug-likeness (QED) is 0.710. The summed E-state index contributed by atoms with van der Waals surface area (Å²) < 4.78 is 0. The molecule has 0 amide bonds. The van der Waals surface area contributed by atoms with Gasteiger partial charge < -0.3 is 5.32 Å². The SMILES string of the molecule is CC(Cc1cccc(Cl)c1)NC(C)c1ccc(Cl)cc1Cl. The molecule has 0 aliphatic rings. The van der Waals surface area contributed by atoms with Crippen LogP contribution in [0.25, 0.3) is 0 Å². The van der Waals surface area contributed by atoms with E-state index in [1.165, 1.54) is 5.56 Å². The van der Waals surface area contributed by atoms with Gasteiger partial charge >= 0.3 is 0 Å². The Bertz CT molecular complexity index is 613. The minimum Gasteiger partial charge on any atom is -0.307 e. The largest absolute Gasteiger partial charge is 0.307 e. The van der Waals surface area contributed by atoms with E-state index in [0.717, 1.165) is 17.0 Å². The first-order valence-electron chi connectivity index (χ1n) is 6.91. The molecule has 0 saturated carbocycles. The highest BCUT2D eigenvalue weighted by Crippen LogP contribution is 2.26. The van der Waals surface area contributed by atoms with E-state index in [2.05, 4.69) is 25.2 Å². The second kappa shape index (κ2) is 7.51. The fourth-order valence-corrected chi connectivity index (χ4v) is 3.23. The van der Waals surface area contributed by atoms with E-state index < -0.39 is 0 Å². The molecule has 0 spiro atoms. The third-order valence-corrected chi connectivity index (χ3v) is 4.19. The Labute approximate surface area is 141 Å². The van der Waals surface area contributed by atoms with Crippen molar-refractivity contribution in [1.29, 1.82) is 0 Å². The van der Waals surface area contributed by atoms with Gasteiger partial charge in [-0.2, -0.15) is 0 Å². The maximum Gasteiger partial charge on any atom is 0.0468 e. The smallest absolute Gasteiger partial charge is 0.0468 e. The molecule has 0 aliphatic heterocycles. The zero-order valence-corrected chi connectivity index (χ0v) is 14.3. The second-order valence-corrected chi connectivity index (χ2v) is 6.57. The molecular weight excluding hydrogens is 325 g/mol. The number of rotatable bonds is 5. The van der Waals surface area contributed by atoms with Crippen LogP contribution < -0.4 is 5.32 Å². The molecule has 1 N–H and O–H groups in total. The van der Waals surface area contributed by atoms with Gasteiger partial charge in [0.05, 0.1) is 0 Å². The third kappa shape index (κ3) is 4.89. The molecule has 0 saturated heterocycles. The van der Waals surface area contributed by atoms with Crippen molar-refractivity contribution in [2.24, 2.45) is 0 Å². The van der Waals surface area contributed by atoms with E-state index in [1.807, 2.05) is 30.3 Å². The van der Waals surface area contributed by atoms with Gasteiger partial charge in [0.1, 0.15) is 0 Å². The molecule has 2 aromatic carbocycles. The van der Waals surface area contributed by atoms with Crippen molar-refractivity contribution in [1.82, 2.24) is 5.32 Å². The number of halogens is 3. The maximum absolute atomic E-state index is 6.25. The van der Waals surface area contributed by atoms with Gasteiger partial charge in [0.2, 0.25) is 0 Å². The lowest BCUT2D eigenvalue weighted by molar-refractivity contribution is 0.477. The standard InChI is InChI=1S/C17H18Cl3N/c1-11(8-13-4-3-5-14(18)9-13)21-12(2)16-7-6-15(19)10-17(16)20/h3-7,9-12,21H,8H2,1-2H3. The first-order valence-corrected chi connectivity index (χ1v) is 8.04. The van der Waals surface area contributed by atoms with Crippen LogP contribution in [0.2, 0.25) is 15.1 Å². The highest BCUT2D eigenvalue weighted by atomic mass is 35.5. The highest BCUT2D eigenvalue weighted by molar-refractivity contribution is 6.35. The Kier molecular flexibility index (Phi) is 5.95. The molecule has 4 heteroatoms. The summed E-state index contributed by atoms with van der Waals surface area (Å²) >= 11 is 18.2. The predicted octanol–water partition coefficient (Wildman–Crippen LogP) is 5.93. The van der Waals surface area contributed by atoms with Gasteiger partial charge in [-0.1, -0.05) is 53.0 Å². The summed E-state index contributed by atoms with van der Waals surface area (Å²) in [5, 5.41) is 5.67. The van der Waals surface area contributed by atoms with Crippen LogP contribution in [0.5, 0.6) is 0 Å². The Morgan fingerprint density at radius 2 is 1.67 bits per heavy atom. The predicted molar refractivity (Wildman–Crippen MR) is 92.6 cm³/mol. The third-order valence-electron chi connectivity index (χ3n) is 3.39. The molecular formula is C17H18Cl3N.